The lowest BCUT2D eigenvalue weighted by molar-refractivity contribution is -0.132. The van der Waals surface area contributed by atoms with Crippen LogP contribution in [-0.2, 0) is 14.8 Å². The van der Waals surface area contributed by atoms with Gasteiger partial charge >= 0.3 is 0 Å². The van der Waals surface area contributed by atoms with Gasteiger partial charge in [-0.1, -0.05) is 11.6 Å². The maximum Gasteiger partial charge on any atom is 0.243 e. The van der Waals surface area contributed by atoms with Gasteiger partial charge in [-0.25, -0.2) is 8.42 Å². The highest BCUT2D eigenvalue weighted by Crippen LogP contribution is 2.27. The molecule has 1 aromatic carbocycles. The molecule has 1 aliphatic rings. The maximum absolute atomic E-state index is 12.6. The molecule has 0 saturated carbocycles. The van der Waals surface area contributed by atoms with Crippen molar-refractivity contribution in [2.75, 3.05) is 20.6 Å². The van der Waals surface area contributed by atoms with Crippen LogP contribution in [0.1, 0.15) is 12.8 Å². The molecule has 20 heavy (non-hydrogen) atoms. The van der Waals surface area contributed by atoms with Crippen LogP contribution in [0.15, 0.2) is 29.2 Å². The highest BCUT2D eigenvalue weighted by molar-refractivity contribution is 7.89. The van der Waals surface area contributed by atoms with Gasteiger partial charge in [-0.3, -0.25) is 4.79 Å². The molecule has 1 amide bonds. The Labute approximate surface area is 124 Å². The zero-order valence-corrected chi connectivity index (χ0v) is 13.0. The van der Waals surface area contributed by atoms with E-state index in [4.69, 9.17) is 11.6 Å². The number of rotatable bonds is 3. The van der Waals surface area contributed by atoms with E-state index in [2.05, 4.69) is 0 Å². The fourth-order valence-electron chi connectivity index (χ4n) is 2.31. The van der Waals surface area contributed by atoms with E-state index in [0.717, 1.165) is 0 Å². The summed E-state index contributed by atoms with van der Waals surface area (Å²) in [4.78, 5) is 13.7. The predicted octanol–water partition coefficient (Wildman–Crippen LogP) is 1.58. The summed E-state index contributed by atoms with van der Waals surface area (Å²) in [5.41, 5.74) is 0. The van der Waals surface area contributed by atoms with Crippen molar-refractivity contribution in [3.63, 3.8) is 0 Å². The molecule has 0 bridgehead atoms. The molecule has 1 atom stereocenters. The number of hydrogen-bond acceptors (Lipinski definition) is 3. The number of amides is 1. The number of likely N-dealkylation sites (N-methyl/N-ethyl adjacent to an activating group) is 1. The Kier molecular flexibility index (Phi) is 4.36. The number of halogens is 1. The third kappa shape index (κ3) is 2.82. The van der Waals surface area contributed by atoms with Gasteiger partial charge in [0, 0.05) is 25.7 Å². The topological polar surface area (TPSA) is 57.7 Å². The molecule has 5 nitrogen and oxygen atoms in total. The molecule has 7 heteroatoms. The van der Waals surface area contributed by atoms with Gasteiger partial charge in [0.2, 0.25) is 15.9 Å². The van der Waals surface area contributed by atoms with Crippen LogP contribution in [0, 0.1) is 0 Å². The molecule has 110 valence electrons. The quantitative estimate of drug-likeness (QED) is 0.850. The highest BCUT2D eigenvalue weighted by Gasteiger charge is 2.39. The van der Waals surface area contributed by atoms with Gasteiger partial charge in [-0.15, -0.1) is 0 Å². The third-order valence-corrected chi connectivity index (χ3v) is 5.52. The summed E-state index contributed by atoms with van der Waals surface area (Å²) in [5.74, 6) is -0.181. The van der Waals surface area contributed by atoms with Gasteiger partial charge in [0.1, 0.15) is 6.04 Å². The van der Waals surface area contributed by atoms with Gasteiger partial charge in [-0.2, -0.15) is 4.31 Å². The molecule has 1 aromatic rings. The van der Waals surface area contributed by atoms with Gasteiger partial charge in [0.05, 0.1) is 4.90 Å². The largest absolute Gasteiger partial charge is 0.347 e. The van der Waals surface area contributed by atoms with Crippen LogP contribution in [-0.4, -0.2) is 50.2 Å². The van der Waals surface area contributed by atoms with E-state index < -0.39 is 16.1 Å². The van der Waals surface area contributed by atoms with Crippen molar-refractivity contribution in [1.82, 2.24) is 9.21 Å². The Morgan fingerprint density at radius 2 is 1.90 bits per heavy atom. The molecule has 0 aliphatic carbocycles. The van der Waals surface area contributed by atoms with Crippen molar-refractivity contribution in [3.05, 3.63) is 29.3 Å². The molecule has 0 aromatic heterocycles. The molecule has 0 radical (unpaired) electrons. The van der Waals surface area contributed by atoms with Crippen molar-refractivity contribution in [3.8, 4) is 0 Å². The summed E-state index contributed by atoms with van der Waals surface area (Å²) in [6.07, 6.45) is 1.25. The Morgan fingerprint density at radius 3 is 2.45 bits per heavy atom. The lowest BCUT2D eigenvalue weighted by atomic mass is 10.2. The standard InChI is InChI=1S/C13H17ClN2O3S/c1-15(2)13(17)12-4-3-9-16(12)20(18,19)11-7-5-10(14)6-8-11/h5-8,12H,3-4,9H2,1-2H3/t12-/m0/s1. The van der Waals surface area contributed by atoms with Crippen molar-refractivity contribution in [2.45, 2.75) is 23.8 Å². The Balaban J connectivity index is 2.33. The first kappa shape index (κ1) is 15.3. The molecule has 0 unspecified atom stereocenters. The second-order valence-corrected chi connectivity index (χ2v) is 7.29. The maximum atomic E-state index is 12.6. The summed E-state index contributed by atoms with van der Waals surface area (Å²) in [6.45, 7) is 0.370. The van der Waals surface area contributed by atoms with E-state index in [1.165, 1.54) is 33.5 Å². The zero-order chi connectivity index (χ0) is 14.9. The Bertz CT molecular complexity index is 599. The summed E-state index contributed by atoms with van der Waals surface area (Å²) in [7, 11) is -0.391. The van der Waals surface area contributed by atoms with Crippen LogP contribution in [0.4, 0.5) is 0 Å². The average Bonchev–Trinajstić information content (AvgIpc) is 2.88. The van der Waals surface area contributed by atoms with E-state index in [9.17, 15) is 13.2 Å². The normalized spacial score (nSPS) is 20.1. The average molecular weight is 317 g/mol. The van der Waals surface area contributed by atoms with E-state index in [0.29, 0.717) is 24.4 Å². The minimum Gasteiger partial charge on any atom is -0.347 e. The van der Waals surface area contributed by atoms with Gasteiger partial charge in [-0.05, 0) is 37.1 Å². The molecule has 1 aliphatic heterocycles. The second kappa shape index (κ2) is 5.71. The summed E-state index contributed by atoms with van der Waals surface area (Å²) in [5, 5.41) is 0.478. The van der Waals surface area contributed by atoms with Gasteiger partial charge in [0.15, 0.2) is 0 Å². The minimum atomic E-state index is -3.66. The first-order valence-electron chi connectivity index (χ1n) is 6.32. The Morgan fingerprint density at radius 1 is 1.30 bits per heavy atom. The first-order valence-corrected chi connectivity index (χ1v) is 8.14. The second-order valence-electron chi connectivity index (χ2n) is 4.96. The van der Waals surface area contributed by atoms with E-state index in [1.54, 1.807) is 14.1 Å². The molecule has 2 rings (SSSR count). The smallest absolute Gasteiger partial charge is 0.243 e. The zero-order valence-electron chi connectivity index (χ0n) is 11.4. The van der Waals surface area contributed by atoms with Crippen LogP contribution in [0.25, 0.3) is 0 Å². The number of carbonyl (C=O) groups is 1. The summed E-state index contributed by atoms with van der Waals surface area (Å²) < 4.78 is 26.5. The van der Waals surface area contributed by atoms with Gasteiger partial charge in [0.25, 0.3) is 0 Å². The highest BCUT2D eigenvalue weighted by atomic mass is 35.5. The van der Waals surface area contributed by atoms with Crippen LogP contribution in [0.5, 0.6) is 0 Å². The Hall–Kier alpha value is -1.11. The first-order chi connectivity index (χ1) is 9.34. The SMILES string of the molecule is CN(C)C(=O)[C@@H]1CCCN1S(=O)(=O)c1ccc(Cl)cc1. The van der Waals surface area contributed by atoms with Crippen molar-refractivity contribution >= 4 is 27.5 Å². The van der Waals surface area contributed by atoms with E-state index in [1.807, 2.05) is 0 Å². The fourth-order valence-corrected chi connectivity index (χ4v) is 4.09. The van der Waals surface area contributed by atoms with Crippen molar-refractivity contribution < 1.29 is 13.2 Å². The number of sulfonamides is 1. The van der Waals surface area contributed by atoms with E-state index >= 15 is 0 Å². The van der Waals surface area contributed by atoms with Crippen molar-refractivity contribution in [2.24, 2.45) is 0 Å². The number of nitrogens with zero attached hydrogens (tertiary/aromatic N) is 2. The van der Waals surface area contributed by atoms with Crippen molar-refractivity contribution in [1.29, 1.82) is 0 Å². The number of hydrogen-bond donors (Lipinski definition) is 0. The number of benzene rings is 1. The molecule has 0 spiro atoms. The number of carbonyl (C=O) groups excluding carboxylic acids is 1. The van der Waals surface area contributed by atoms with E-state index in [-0.39, 0.29) is 10.8 Å². The molecular formula is C13H17ClN2O3S. The molecule has 1 saturated heterocycles. The van der Waals surface area contributed by atoms with Crippen LogP contribution in [0.3, 0.4) is 0 Å². The molecule has 1 fully saturated rings. The lowest BCUT2D eigenvalue weighted by Crippen LogP contribution is -2.45. The van der Waals surface area contributed by atoms with Crippen LogP contribution < -0.4 is 0 Å². The van der Waals surface area contributed by atoms with Crippen LogP contribution in [0.2, 0.25) is 5.02 Å². The monoisotopic (exact) mass is 316 g/mol. The molecule has 1 heterocycles. The lowest BCUT2D eigenvalue weighted by Gasteiger charge is -2.25. The fraction of sp³-hybridized carbons (Fsp3) is 0.462. The van der Waals surface area contributed by atoms with Gasteiger partial charge < -0.3 is 4.90 Å². The summed E-state index contributed by atoms with van der Waals surface area (Å²) in [6, 6.07) is 5.40. The third-order valence-electron chi connectivity index (χ3n) is 3.35. The molecular weight excluding hydrogens is 300 g/mol. The summed E-state index contributed by atoms with van der Waals surface area (Å²) >= 11 is 5.77. The molecule has 0 N–H and O–H groups in total. The van der Waals surface area contributed by atoms with Crippen LogP contribution >= 0.6 is 11.6 Å². The predicted molar refractivity (Wildman–Crippen MR) is 77.1 cm³/mol. The minimum absolute atomic E-state index is 0.167.